The van der Waals surface area contributed by atoms with Gasteiger partial charge in [0.15, 0.2) is 0 Å². The SMILES string of the molecule is CCSCC(C)Nc1nccn1C. The standard InChI is InChI=1S/C9H17N3S/c1-4-13-7-8(2)11-9-10-5-6-12(9)3/h5-6,8H,4,7H2,1-3H3,(H,10,11). The molecule has 0 aliphatic carbocycles. The number of anilines is 1. The number of rotatable bonds is 5. The van der Waals surface area contributed by atoms with Crippen molar-refractivity contribution in [1.82, 2.24) is 9.55 Å². The normalized spacial score (nSPS) is 12.8. The van der Waals surface area contributed by atoms with Crippen molar-refractivity contribution in [3.63, 3.8) is 0 Å². The van der Waals surface area contributed by atoms with Crippen LogP contribution < -0.4 is 5.32 Å². The van der Waals surface area contributed by atoms with Crippen LogP contribution in [0.4, 0.5) is 5.95 Å². The summed E-state index contributed by atoms with van der Waals surface area (Å²) in [4.78, 5) is 4.21. The molecule has 0 saturated carbocycles. The van der Waals surface area contributed by atoms with Crippen LogP contribution in [0.15, 0.2) is 12.4 Å². The molecule has 0 fully saturated rings. The number of aromatic nitrogens is 2. The molecule has 0 spiro atoms. The van der Waals surface area contributed by atoms with Crippen molar-refractivity contribution in [3.8, 4) is 0 Å². The summed E-state index contributed by atoms with van der Waals surface area (Å²) < 4.78 is 1.99. The van der Waals surface area contributed by atoms with Crippen molar-refractivity contribution >= 4 is 17.7 Å². The average Bonchev–Trinajstić information content (AvgIpc) is 2.48. The van der Waals surface area contributed by atoms with E-state index in [0.29, 0.717) is 6.04 Å². The molecule has 1 N–H and O–H groups in total. The Labute approximate surface area is 83.9 Å². The molecule has 1 heterocycles. The molecule has 0 amide bonds. The summed E-state index contributed by atoms with van der Waals surface area (Å²) in [5, 5.41) is 3.36. The molecule has 4 heteroatoms. The summed E-state index contributed by atoms with van der Waals surface area (Å²) in [5.74, 6) is 3.25. The Morgan fingerprint density at radius 1 is 1.69 bits per heavy atom. The van der Waals surface area contributed by atoms with E-state index in [1.54, 1.807) is 0 Å². The van der Waals surface area contributed by atoms with E-state index in [2.05, 4.69) is 24.1 Å². The van der Waals surface area contributed by atoms with Gasteiger partial charge in [0.25, 0.3) is 0 Å². The summed E-state index contributed by atoms with van der Waals surface area (Å²) in [6.45, 7) is 4.36. The quantitative estimate of drug-likeness (QED) is 0.786. The topological polar surface area (TPSA) is 29.9 Å². The molecule has 1 aromatic rings. The van der Waals surface area contributed by atoms with Gasteiger partial charge in [-0.25, -0.2) is 4.98 Å². The summed E-state index contributed by atoms with van der Waals surface area (Å²) in [6.07, 6.45) is 3.75. The first-order chi connectivity index (χ1) is 6.24. The molecule has 0 radical (unpaired) electrons. The first-order valence-corrected chi connectivity index (χ1v) is 5.71. The Bertz CT molecular complexity index is 247. The van der Waals surface area contributed by atoms with Gasteiger partial charge in [0.1, 0.15) is 0 Å². The Balaban J connectivity index is 2.36. The smallest absolute Gasteiger partial charge is 0.202 e. The van der Waals surface area contributed by atoms with E-state index in [9.17, 15) is 0 Å². The van der Waals surface area contributed by atoms with Crippen molar-refractivity contribution in [2.24, 2.45) is 7.05 Å². The van der Waals surface area contributed by atoms with Gasteiger partial charge in [0, 0.05) is 31.2 Å². The fourth-order valence-electron chi connectivity index (χ4n) is 1.06. The Morgan fingerprint density at radius 3 is 3.00 bits per heavy atom. The van der Waals surface area contributed by atoms with Gasteiger partial charge in [-0.3, -0.25) is 0 Å². The third kappa shape index (κ3) is 3.30. The predicted octanol–water partition coefficient (Wildman–Crippen LogP) is 1.97. The second-order valence-corrected chi connectivity index (χ2v) is 4.39. The van der Waals surface area contributed by atoms with Crippen LogP contribution in [0.5, 0.6) is 0 Å². The summed E-state index contributed by atoms with van der Waals surface area (Å²) in [6, 6.07) is 0.478. The summed E-state index contributed by atoms with van der Waals surface area (Å²) in [7, 11) is 2.00. The molecule has 0 aliphatic rings. The average molecular weight is 199 g/mol. The highest BCUT2D eigenvalue weighted by atomic mass is 32.2. The Hall–Kier alpha value is -0.640. The van der Waals surface area contributed by atoms with Crippen molar-refractivity contribution in [3.05, 3.63) is 12.4 Å². The van der Waals surface area contributed by atoms with Crippen LogP contribution in [0, 0.1) is 0 Å². The predicted molar refractivity (Wildman–Crippen MR) is 59.3 cm³/mol. The highest BCUT2D eigenvalue weighted by molar-refractivity contribution is 7.99. The zero-order valence-electron chi connectivity index (χ0n) is 8.45. The first kappa shape index (κ1) is 10.4. The monoisotopic (exact) mass is 199 g/mol. The van der Waals surface area contributed by atoms with Crippen LogP contribution in [0.2, 0.25) is 0 Å². The summed E-state index contributed by atoms with van der Waals surface area (Å²) in [5.41, 5.74) is 0. The van der Waals surface area contributed by atoms with Crippen molar-refractivity contribution in [1.29, 1.82) is 0 Å². The van der Waals surface area contributed by atoms with Gasteiger partial charge in [-0.15, -0.1) is 0 Å². The third-order valence-electron chi connectivity index (χ3n) is 1.77. The second kappa shape index (κ2) is 5.17. The van der Waals surface area contributed by atoms with E-state index in [1.165, 1.54) is 5.75 Å². The Morgan fingerprint density at radius 2 is 2.46 bits per heavy atom. The lowest BCUT2D eigenvalue weighted by atomic mass is 10.4. The van der Waals surface area contributed by atoms with Crippen molar-refractivity contribution in [2.75, 3.05) is 16.8 Å². The molecule has 1 unspecified atom stereocenters. The number of imidazole rings is 1. The van der Waals surface area contributed by atoms with E-state index >= 15 is 0 Å². The third-order valence-corrected chi connectivity index (χ3v) is 2.91. The molecule has 3 nitrogen and oxygen atoms in total. The van der Waals surface area contributed by atoms with Gasteiger partial charge in [0.2, 0.25) is 5.95 Å². The molecule has 1 rings (SSSR count). The highest BCUT2D eigenvalue weighted by Gasteiger charge is 2.03. The molecular weight excluding hydrogens is 182 g/mol. The number of thioether (sulfide) groups is 1. The van der Waals surface area contributed by atoms with Crippen LogP contribution >= 0.6 is 11.8 Å². The van der Waals surface area contributed by atoms with E-state index in [1.807, 2.05) is 35.8 Å². The van der Waals surface area contributed by atoms with Gasteiger partial charge in [0.05, 0.1) is 0 Å². The van der Waals surface area contributed by atoms with Gasteiger partial charge >= 0.3 is 0 Å². The second-order valence-electron chi connectivity index (χ2n) is 3.07. The highest BCUT2D eigenvalue weighted by Crippen LogP contribution is 2.07. The lowest BCUT2D eigenvalue weighted by molar-refractivity contribution is 0.840. The van der Waals surface area contributed by atoms with E-state index in [0.717, 1.165) is 11.7 Å². The number of nitrogens with zero attached hydrogens (tertiary/aromatic N) is 2. The number of aryl methyl sites for hydroxylation is 1. The zero-order chi connectivity index (χ0) is 9.68. The molecular formula is C9H17N3S. The lowest BCUT2D eigenvalue weighted by Crippen LogP contribution is -2.20. The van der Waals surface area contributed by atoms with E-state index < -0.39 is 0 Å². The minimum Gasteiger partial charge on any atom is -0.352 e. The van der Waals surface area contributed by atoms with Crippen LogP contribution in [0.1, 0.15) is 13.8 Å². The molecule has 0 bridgehead atoms. The number of hydrogen-bond acceptors (Lipinski definition) is 3. The number of hydrogen-bond donors (Lipinski definition) is 1. The van der Waals surface area contributed by atoms with Gasteiger partial charge in [-0.1, -0.05) is 6.92 Å². The van der Waals surface area contributed by atoms with Crippen LogP contribution in [0.3, 0.4) is 0 Å². The molecule has 0 aliphatic heterocycles. The fraction of sp³-hybridized carbons (Fsp3) is 0.667. The zero-order valence-corrected chi connectivity index (χ0v) is 9.27. The maximum Gasteiger partial charge on any atom is 0.202 e. The molecule has 0 saturated heterocycles. The van der Waals surface area contributed by atoms with Crippen molar-refractivity contribution in [2.45, 2.75) is 19.9 Å². The van der Waals surface area contributed by atoms with Gasteiger partial charge in [-0.05, 0) is 12.7 Å². The van der Waals surface area contributed by atoms with Crippen LogP contribution in [-0.2, 0) is 7.05 Å². The van der Waals surface area contributed by atoms with Crippen LogP contribution in [0.25, 0.3) is 0 Å². The summed E-state index contributed by atoms with van der Waals surface area (Å²) >= 11 is 1.94. The van der Waals surface area contributed by atoms with E-state index in [4.69, 9.17) is 0 Å². The first-order valence-electron chi connectivity index (χ1n) is 4.55. The van der Waals surface area contributed by atoms with Gasteiger partial charge < -0.3 is 9.88 Å². The molecule has 74 valence electrons. The fourth-order valence-corrected chi connectivity index (χ4v) is 1.73. The Kier molecular flexibility index (Phi) is 4.15. The molecule has 0 aromatic carbocycles. The van der Waals surface area contributed by atoms with Gasteiger partial charge in [-0.2, -0.15) is 11.8 Å². The largest absolute Gasteiger partial charge is 0.352 e. The number of nitrogens with one attached hydrogen (secondary N) is 1. The maximum atomic E-state index is 4.21. The van der Waals surface area contributed by atoms with Crippen LogP contribution in [-0.4, -0.2) is 27.1 Å². The maximum absolute atomic E-state index is 4.21. The minimum absolute atomic E-state index is 0.478. The lowest BCUT2D eigenvalue weighted by Gasteiger charge is -2.13. The minimum atomic E-state index is 0.478. The van der Waals surface area contributed by atoms with Crippen molar-refractivity contribution < 1.29 is 0 Å². The molecule has 1 aromatic heterocycles. The van der Waals surface area contributed by atoms with E-state index in [-0.39, 0.29) is 0 Å². The molecule has 1 atom stereocenters. The molecule has 13 heavy (non-hydrogen) atoms.